The summed E-state index contributed by atoms with van der Waals surface area (Å²) in [4.78, 5) is 4.40. The summed E-state index contributed by atoms with van der Waals surface area (Å²) < 4.78 is 1.98. The molecule has 1 N–H and O–H groups in total. The molecule has 2 heterocycles. The second-order valence-corrected chi connectivity index (χ2v) is 5.19. The van der Waals surface area contributed by atoms with Crippen molar-refractivity contribution in [3.05, 3.63) is 35.2 Å². The normalized spacial score (nSPS) is 12.6. The number of nitrogens with one attached hydrogen (secondary N) is 1. The van der Waals surface area contributed by atoms with Crippen LogP contribution in [0.4, 0.5) is 0 Å². The van der Waals surface area contributed by atoms with Crippen LogP contribution in [0.2, 0.25) is 0 Å². The first kappa shape index (κ1) is 15.6. The minimum atomic E-state index is 0.175. The lowest BCUT2D eigenvalue weighted by atomic mass is 10.0. The van der Waals surface area contributed by atoms with Crippen molar-refractivity contribution >= 4 is 0 Å². The smallest absolute Gasteiger partial charge is 0.138 e. The summed E-state index contributed by atoms with van der Waals surface area (Å²) in [5, 5.41) is 16.2. The molecule has 0 aliphatic rings. The van der Waals surface area contributed by atoms with Gasteiger partial charge in [0.1, 0.15) is 12.2 Å². The van der Waals surface area contributed by atoms with Crippen LogP contribution in [0.15, 0.2) is 12.4 Å². The summed E-state index contributed by atoms with van der Waals surface area (Å²) in [6, 6.07) is 2.29. The molecule has 0 radical (unpaired) electrons. The third kappa shape index (κ3) is 3.64. The van der Waals surface area contributed by atoms with Gasteiger partial charge in [-0.15, -0.1) is 0 Å². The molecule has 0 saturated carbocycles. The van der Waals surface area contributed by atoms with E-state index in [1.54, 1.807) is 6.33 Å². The lowest BCUT2D eigenvalue weighted by molar-refractivity contribution is 0.512. The number of likely N-dealkylation sites (N-methyl/N-ethyl adjacent to an activating group) is 1. The average Bonchev–Trinajstić information content (AvgIpc) is 2.92. The highest BCUT2D eigenvalue weighted by atomic mass is 15.3. The SMILES string of the molecule is CCCn1ncnc1CC(NC)c1cc(C)nnc1CC. The van der Waals surface area contributed by atoms with Gasteiger partial charge in [-0.25, -0.2) is 4.98 Å². The van der Waals surface area contributed by atoms with E-state index >= 15 is 0 Å². The Morgan fingerprint density at radius 2 is 2.10 bits per heavy atom. The molecule has 0 saturated heterocycles. The number of aromatic nitrogens is 5. The van der Waals surface area contributed by atoms with E-state index in [0.29, 0.717) is 0 Å². The molecule has 6 heteroatoms. The zero-order valence-corrected chi connectivity index (χ0v) is 13.3. The molecule has 0 amide bonds. The van der Waals surface area contributed by atoms with Crippen molar-refractivity contribution in [2.45, 2.75) is 52.6 Å². The van der Waals surface area contributed by atoms with Gasteiger partial charge >= 0.3 is 0 Å². The Morgan fingerprint density at radius 1 is 1.29 bits per heavy atom. The fourth-order valence-electron chi connectivity index (χ4n) is 2.51. The molecule has 21 heavy (non-hydrogen) atoms. The lowest BCUT2D eigenvalue weighted by Gasteiger charge is -2.19. The molecule has 0 aliphatic heterocycles. The van der Waals surface area contributed by atoms with Gasteiger partial charge in [0.25, 0.3) is 0 Å². The van der Waals surface area contributed by atoms with Gasteiger partial charge in [0.2, 0.25) is 0 Å². The summed E-state index contributed by atoms with van der Waals surface area (Å²) in [6.07, 6.45) is 4.36. The van der Waals surface area contributed by atoms with Crippen molar-refractivity contribution in [2.75, 3.05) is 7.05 Å². The van der Waals surface area contributed by atoms with E-state index in [4.69, 9.17) is 0 Å². The second kappa shape index (κ2) is 7.26. The van der Waals surface area contributed by atoms with Crippen LogP contribution >= 0.6 is 0 Å². The Labute approximate surface area is 126 Å². The first-order chi connectivity index (χ1) is 10.2. The lowest BCUT2D eigenvalue weighted by Crippen LogP contribution is -2.23. The summed E-state index contributed by atoms with van der Waals surface area (Å²) in [5.41, 5.74) is 3.19. The third-order valence-electron chi connectivity index (χ3n) is 3.60. The van der Waals surface area contributed by atoms with Crippen molar-refractivity contribution < 1.29 is 0 Å². The zero-order chi connectivity index (χ0) is 15.2. The van der Waals surface area contributed by atoms with Crippen LogP contribution in [-0.4, -0.2) is 32.0 Å². The van der Waals surface area contributed by atoms with Crippen LogP contribution < -0.4 is 5.32 Å². The van der Waals surface area contributed by atoms with Crippen LogP contribution in [-0.2, 0) is 19.4 Å². The molecule has 2 rings (SSSR count). The van der Waals surface area contributed by atoms with E-state index in [0.717, 1.165) is 43.0 Å². The van der Waals surface area contributed by atoms with Gasteiger partial charge in [0.05, 0.1) is 11.4 Å². The molecule has 0 spiro atoms. The Balaban J connectivity index is 2.27. The molecule has 6 nitrogen and oxygen atoms in total. The molecular weight excluding hydrogens is 264 g/mol. The molecular formula is C15H24N6. The minimum Gasteiger partial charge on any atom is -0.313 e. The van der Waals surface area contributed by atoms with E-state index in [-0.39, 0.29) is 6.04 Å². The van der Waals surface area contributed by atoms with Crippen LogP contribution in [0.25, 0.3) is 0 Å². The summed E-state index contributed by atoms with van der Waals surface area (Å²) in [5.74, 6) is 1.01. The molecule has 0 fully saturated rings. The van der Waals surface area contributed by atoms with Crippen molar-refractivity contribution in [3.63, 3.8) is 0 Å². The van der Waals surface area contributed by atoms with E-state index in [2.05, 4.69) is 45.5 Å². The molecule has 1 unspecified atom stereocenters. The third-order valence-corrected chi connectivity index (χ3v) is 3.60. The fourth-order valence-corrected chi connectivity index (χ4v) is 2.51. The van der Waals surface area contributed by atoms with Crippen LogP contribution in [0, 0.1) is 6.92 Å². The minimum absolute atomic E-state index is 0.175. The van der Waals surface area contributed by atoms with E-state index in [9.17, 15) is 0 Å². The zero-order valence-electron chi connectivity index (χ0n) is 13.3. The highest BCUT2D eigenvalue weighted by Crippen LogP contribution is 2.21. The molecule has 0 aliphatic carbocycles. The number of rotatable bonds is 7. The molecule has 2 aromatic heterocycles. The van der Waals surface area contributed by atoms with Gasteiger partial charge in [-0.05, 0) is 38.4 Å². The standard InChI is InChI=1S/C15H24N6/c1-5-7-21-15(17-10-18-21)9-14(16-4)12-8-11(3)19-20-13(12)6-2/h8,10,14,16H,5-7,9H2,1-4H3. The molecule has 0 aromatic carbocycles. The van der Waals surface area contributed by atoms with Gasteiger partial charge in [0.15, 0.2) is 0 Å². The van der Waals surface area contributed by atoms with Crippen molar-refractivity contribution in [1.82, 2.24) is 30.3 Å². The maximum Gasteiger partial charge on any atom is 0.138 e. The van der Waals surface area contributed by atoms with Crippen LogP contribution in [0.5, 0.6) is 0 Å². The maximum atomic E-state index is 4.40. The van der Waals surface area contributed by atoms with Gasteiger partial charge < -0.3 is 5.32 Å². The van der Waals surface area contributed by atoms with Gasteiger partial charge in [-0.3, -0.25) is 4.68 Å². The Morgan fingerprint density at radius 3 is 2.76 bits per heavy atom. The Hall–Kier alpha value is -1.82. The number of hydrogen-bond donors (Lipinski definition) is 1. The van der Waals surface area contributed by atoms with Crippen LogP contribution in [0.3, 0.4) is 0 Å². The predicted octanol–water partition coefficient (Wildman–Crippen LogP) is 1.85. The molecule has 114 valence electrons. The Kier molecular flexibility index (Phi) is 5.38. The molecule has 1 atom stereocenters. The summed E-state index contributed by atoms with van der Waals surface area (Å²) in [6.45, 7) is 7.13. The van der Waals surface area contributed by atoms with Crippen LogP contribution in [0.1, 0.15) is 49.1 Å². The highest BCUT2D eigenvalue weighted by Gasteiger charge is 2.18. The average molecular weight is 288 g/mol. The highest BCUT2D eigenvalue weighted by molar-refractivity contribution is 5.25. The predicted molar refractivity (Wildman–Crippen MR) is 82.0 cm³/mol. The first-order valence-electron chi connectivity index (χ1n) is 7.56. The summed E-state index contributed by atoms with van der Waals surface area (Å²) in [7, 11) is 1.97. The number of aryl methyl sites for hydroxylation is 3. The van der Waals surface area contributed by atoms with Crippen molar-refractivity contribution in [3.8, 4) is 0 Å². The number of hydrogen-bond acceptors (Lipinski definition) is 5. The monoisotopic (exact) mass is 288 g/mol. The van der Waals surface area contributed by atoms with E-state index in [1.807, 2.05) is 18.7 Å². The molecule has 0 bridgehead atoms. The van der Waals surface area contributed by atoms with Gasteiger partial charge in [-0.1, -0.05) is 13.8 Å². The largest absolute Gasteiger partial charge is 0.313 e. The van der Waals surface area contributed by atoms with Gasteiger partial charge in [0, 0.05) is 19.0 Å². The van der Waals surface area contributed by atoms with E-state index in [1.165, 1.54) is 5.56 Å². The van der Waals surface area contributed by atoms with Gasteiger partial charge in [-0.2, -0.15) is 15.3 Å². The maximum absolute atomic E-state index is 4.40. The fraction of sp³-hybridized carbons (Fsp3) is 0.600. The topological polar surface area (TPSA) is 68.5 Å². The first-order valence-corrected chi connectivity index (χ1v) is 7.56. The number of nitrogens with zero attached hydrogens (tertiary/aromatic N) is 5. The van der Waals surface area contributed by atoms with Crippen molar-refractivity contribution in [2.24, 2.45) is 0 Å². The van der Waals surface area contributed by atoms with Crippen molar-refractivity contribution in [1.29, 1.82) is 0 Å². The Bertz CT molecular complexity index is 577. The summed E-state index contributed by atoms with van der Waals surface area (Å²) >= 11 is 0. The second-order valence-electron chi connectivity index (χ2n) is 5.19. The van der Waals surface area contributed by atoms with E-state index < -0.39 is 0 Å². The quantitative estimate of drug-likeness (QED) is 0.842. The molecule has 2 aromatic rings.